The fourth-order valence-electron chi connectivity index (χ4n) is 5.09. The average Bonchev–Trinajstić information content (AvgIpc) is 3.62. The number of nitrogens with zero attached hydrogens (tertiary/aromatic N) is 2. The van der Waals surface area contributed by atoms with Crippen LogP contribution in [0.5, 0.6) is 0 Å². The molecule has 4 aliphatic rings. The molecule has 0 bridgehead atoms. The Hall–Kier alpha value is -0.885. The molecular formula is C28H60BN4O4P. The normalized spacial score (nSPS) is 23.6. The van der Waals surface area contributed by atoms with Crippen molar-refractivity contribution in [3.63, 3.8) is 0 Å². The van der Waals surface area contributed by atoms with Crippen molar-refractivity contribution in [2.24, 2.45) is 17.6 Å². The molecule has 3 atom stereocenters. The van der Waals surface area contributed by atoms with Crippen molar-refractivity contribution < 1.29 is 19.4 Å². The Kier molecular flexibility index (Phi) is 27.2. The molecule has 0 spiro atoms. The van der Waals surface area contributed by atoms with E-state index in [9.17, 15) is 9.59 Å². The zero-order chi connectivity index (χ0) is 29.3. The van der Waals surface area contributed by atoms with Gasteiger partial charge in [-0.3, -0.25) is 9.59 Å². The molecule has 2 saturated heterocycles. The summed E-state index contributed by atoms with van der Waals surface area (Å²) < 4.78 is 8.77. The number of likely N-dealkylation sites (tertiary alicyclic amines) is 2. The van der Waals surface area contributed by atoms with E-state index in [1.165, 1.54) is 57.8 Å². The second-order valence-corrected chi connectivity index (χ2v) is 10.5. The monoisotopic (exact) mass is 558 g/mol. The molecular weight excluding hydrogens is 498 g/mol. The zero-order valence-corrected chi connectivity index (χ0v) is 26.6. The first-order valence-electron chi connectivity index (χ1n) is 15.1. The number of nitrogens with two attached hydrogens (primary N) is 1. The van der Waals surface area contributed by atoms with E-state index in [2.05, 4.69) is 22.2 Å². The van der Waals surface area contributed by atoms with Gasteiger partial charge in [-0.15, -0.1) is 0 Å². The average molecular weight is 559 g/mol. The van der Waals surface area contributed by atoms with Crippen molar-refractivity contribution in [3.05, 3.63) is 0 Å². The number of aliphatic carboxylic acids is 1. The number of rotatable bonds is 3. The first kappa shape index (κ1) is 39.3. The molecule has 0 aromatic carbocycles. The number of carbonyl (C=O) groups is 2. The number of piperidine rings is 2. The summed E-state index contributed by atoms with van der Waals surface area (Å²) in [5.74, 6) is -0.233. The molecule has 1 amide bonds. The summed E-state index contributed by atoms with van der Waals surface area (Å²) in [5, 5.41) is 11.8. The van der Waals surface area contributed by atoms with Gasteiger partial charge in [-0.2, -0.15) is 0 Å². The van der Waals surface area contributed by atoms with Crippen LogP contribution in [-0.4, -0.2) is 86.0 Å². The van der Waals surface area contributed by atoms with Gasteiger partial charge in [0.05, 0.1) is 11.8 Å². The Morgan fingerprint density at radius 1 is 0.789 bits per heavy atom. The number of amides is 1. The second kappa shape index (κ2) is 26.3. The molecule has 4 N–H and O–H groups in total. The van der Waals surface area contributed by atoms with E-state index >= 15 is 0 Å². The molecule has 2 aliphatic carbocycles. The van der Waals surface area contributed by atoms with Gasteiger partial charge < -0.3 is 26.0 Å². The third kappa shape index (κ3) is 20.1. The molecule has 2 heterocycles. The first-order chi connectivity index (χ1) is 18.3. The topological polar surface area (TPSA) is 116 Å². The Morgan fingerprint density at radius 2 is 1.18 bits per heavy atom. The molecule has 3 unspecified atom stereocenters. The SMILES string of the molecule is CC.CC.CN1CCCC(C(=O)NC2CCCC2)C1.CN1CCCC(C(=O)O)C1.NC1CCCC1.O=BP. The summed E-state index contributed by atoms with van der Waals surface area (Å²) in [6.45, 7) is 12.5. The van der Waals surface area contributed by atoms with Crippen molar-refractivity contribution >= 4 is 27.9 Å². The fourth-order valence-corrected chi connectivity index (χ4v) is 5.09. The van der Waals surface area contributed by atoms with Gasteiger partial charge >= 0.3 is 26.7 Å². The predicted octanol–water partition coefficient (Wildman–Crippen LogP) is 4.57. The van der Waals surface area contributed by atoms with Gasteiger partial charge in [-0.05, 0) is 78.6 Å². The Labute approximate surface area is 237 Å². The fraction of sp³-hybridized carbons (Fsp3) is 0.929. The van der Waals surface area contributed by atoms with Crippen LogP contribution in [0.4, 0.5) is 0 Å². The van der Waals surface area contributed by atoms with Gasteiger partial charge in [0.25, 0.3) is 0 Å². The molecule has 2 saturated carbocycles. The summed E-state index contributed by atoms with van der Waals surface area (Å²) in [6.07, 6.45) is 14.3. The minimum absolute atomic E-state index is 0.126. The zero-order valence-electron chi connectivity index (χ0n) is 25.4. The van der Waals surface area contributed by atoms with Crippen molar-refractivity contribution in [2.45, 2.75) is 117 Å². The Bertz CT molecular complexity index is 591. The maximum absolute atomic E-state index is 12.0. The van der Waals surface area contributed by atoms with Crippen LogP contribution in [0.25, 0.3) is 0 Å². The van der Waals surface area contributed by atoms with Crippen molar-refractivity contribution in [3.8, 4) is 0 Å². The van der Waals surface area contributed by atoms with Crippen LogP contribution in [-0.2, 0) is 14.3 Å². The number of hydrogen-bond acceptors (Lipinski definition) is 6. The van der Waals surface area contributed by atoms with E-state index < -0.39 is 5.97 Å². The summed E-state index contributed by atoms with van der Waals surface area (Å²) in [5.41, 5.74) is 5.53. The van der Waals surface area contributed by atoms with Crippen LogP contribution >= 0.6 is 9.12 Å². The van der Waals surface area contributed by atoms with Crippen LogP contribution in [0.1, 0.15) is 105 Å². The third-order valence-corrected chi connectivity index (χ3v) is 7.07. The van der Waals surface area contributed by atoms with Crippen LogP contribution in [0, 0.1) is 11.8 Å². The Balaban J connectivity index is 0. The number of carbonyl (C=O) groups excluding carboxylic acids is 1. The van der Waals surface area contributed by atoms with E-state index in [1.54, 1.807) is 0 Å². The van der Waals surface area contributed by atoms with Gasteiger partial charge in [-0.1, -0.05) is 53.4 Å². The quantitative estimate of drug-likeness (QED) is 0.343. The van der Waals surface area contributed by atoms with Gasteiger partial charge in [0, 0.05) is 25.2 Å². The summed E-state index contributed by atoms with van der Waals surface area (Å²) >= 11 is 0. The van der Waals surface area contributed by atoms with Crippen molar-refractivity contribution in [2.75, 3.05) is 40.3 Å². The molecule has 2 aliphatic heterocycles. The molecule has 4 rings (SSSR count). The first-order valence-corrected chi connectivity index (χ1v) is 15.7. The molecule has 0 aromatic rings. The molecule has 0 radical (unpaired) electrons. The van der Waals surface area contributed by atoms with E-state index in [1.807, 2.05) is 43.9 Å². The van der Waals surface area contributed by atoms with Crippen molar-refractivity contribution in [1.82, 2.24) is 15.1 Å². The summed E-state index contributed by atoms with van der Waals surface area (Å²) in [6, 6.07) is 1.02. The summed E-state index contributed by atoms with van der Waals surface area (Å²) in [4.78, 5) is 26.8. The standard InChI is InChI=1S/C12H22N2O.C7H13NO2.C5H11N.2C2H6.BH2OP/c1-14-8-4-5-10(9-14)12(15)13-11-6-2-3-7-11;1-8-4-2-3-6(5-8)7(9)10;6-5-3-1-2-4-5;2*1-2;2-1-3/h10-11H,2-9H2,1H3,(H,13,15);6H,2-5H2,1H3,(H,9,10);5H,1-4,6H2;2*1-2H3;3H2. The molecule has 224 valence electrons. The van der Waals surface area contributed by atoms with Crippen LogP contribution in [0.3, 0.4) is 0 Å². The van der Waals surface area contributed by atoms with E-state index in [4.69, 9.17) is 15.5 Å². The molecule has 0 aromatic heterocycles. The van der Waals surface area contributed by atoms with Gasteiger partial charge in [0.15, 0.2) is 0 Å². The number of hydrogen-bond donors (Lipinski definition) is 3. The number of carboxylic acid groups (broad SMARTS) is 1. The maximum atomic E-state index is 12.0. The predicted molar refractivity (Wildman–Crippen MR) is 164 cm³/mol. The van der Waals surface area contributed by atoms with E-state index in [0.29, 0.717) is 24.9 Å². The van der Waals surface area contributed by atoms with E-state index in [0.717, 1.165) is 45.4 Å². The number of nitrogens with one attached hydrogen (secondary N) is 1. The van der Waals surface area contributed by atoms with Crippen LogP contribution in [0.2, 0.25) is 0 Å². The molecule has 4 fully saturated rings. The van der Waals surface area contributed by atoms with E-state index in [-0.39, 0.29) is 11.8 Å². The number of carboxylic acids is 1. The van der Waals surface area contributed by atoms with Gasteiger partial charge in [0.2, 0.25) is 5.91 Å². The molecule has 38 heavy (non-hydrogen) atoms. The van der Waals surface area contributed by atoms with Crippen LogP contribution < -0.4 is 11.1 Å². The summed E-state index contributed by atoms with van der Waals surface area (Å²) in [7, 11) is 5.97. The van der Waals surface area contributed by atoms with Gasteiger partial charge in [-0.25, -0.2) is 0 Å². The minimum atomic E-state index is -0.647. The molecule has 10 heteroatoms. The third-order valence-electron chi connectivity index (χ3n) is 7.07. The Morgan fingerprint density at radius 3 is 1.53 bits per heavy atom. The molecule has 8 nitrogen and oxygen atoms in total. The second-order valence-electron chi connectivity index (χ2n) is 10.2. The van der Waals surface area contributed by atoms with Gasteiger partial charge in [0.1, 0.15) is 0 Å². The van der Waals surface area contributed by atoms with Crippen molar-refractivity contribution in [1.29, 1.82) is 0 Å². The van der Waals surface area contributed by atoms with Crippen LogP contribution in [0.15, 0.2) is 0 Å².